The van der Waals surface area contributed by atoms with Crippen LogP contribution in [-0.2, 0) is 4.74 Å². The standard InChI is InChI=1S/C33H54O2/c1-10-33(8,9)21-29(35-30-25-16-22-15-23(18-25)19-26(30)17-22)34-27-13-11-24(12-14-27)28(32(5,6)7)20-31(2,3)4/h11-14,22-23,25-26,28-30H,10,15-21H2,1-9H3. The molecule has 4 aliphatic rings. The lowest BCUT2D eigenvalue weighted by Crippen LogP contribution is -2.51. The molecule has 4 bridgehead atoms. The van der Waals surface area contributed by atoms with Crippen LogP contribution < -0.4 is 4.74 Å². The van der Waals surface area contributed by atoms with Crippen LogP contribution in [0.2, 0.25) is 0 Å². The Hall–Kier alpha value is -1.02. The van der Waals surface area contributed by atoms with Crippen LogP contribution >= 0.6 is 0 Å². The summed E-state index contributed by atoms with van der Waals surface area (Å²) in [5.41, 5.74) is 2.16. The van der Waals surface area contributed by atoms with Crippen LogP contribution in [0.15, 0.2) is 24.3 Å². The molecule has 2 unspecified atom stereocenters. The molecule has 4 saturated carbocycles. The maximum absolute atomic E-state index is 6.94. The van der Waals surface area contributed by atoms with Gasteiger partial charge >= 0.3 is 0 Å². The number of hydrogen-bond acceptors (Lipinski definition) is 2. The molecule has 0 heterocycles. The first-order valence-corrected chi connectivity index (χ1v) is 14.6. The molecule has 0 N–H and O–H groups in total. The summed E-state index contributed by atoms with van der Waals surface area (Å²) < 4.78 is 13.6. The fraction of sp³-hybridized carbons (Fsp3) is 0.818. The van der Waals surface area contributed by atoms with Crippen molar-refractivity contribution in [1.82, 2.24) is 0 Å². The molecule has 1 aromatic carbocycles. The summed E-state index contributed by atoms with van der Waals surface area (Å²) in [4.78, 5) is 0. The van der Waals surface area contributed by atoms with Crippen LogP contribution in [-0.4, -0.2) is 12.4 Å². The van der Waals surface area contributed by atoms with Crippen LogP contribution in [0, 0.1) is 39.9 Å². The van der Waals surface area contributed by atoms with Crippen molar-refractivity contribution in [1.29, 1.82) is 0 Å². The average Bonchev–Trinajstić information content (AvgIpc) is 2.73. The van der Waals surface area contributed by atoms with Gasteiger partial charge in [0.1, 0.15) is 5.75 Å². The Morgan fingerprint density at radius 1 is 0.771 bits per heavy atom. The minimum Gasteiger partial charge on any atom is -0.465 e. The van der Waals surface area contributed by atoms with Crippen molar-refractivity contribution in [3.8, 4) is 5.75 Å². The summed E-state index contributed by atoms with van der Waals surface area (Å²) in [5.74, 6) is 4.94. The Bertz CT molecular complexity index is 794. The van der Waals surface area contributed by atoms with Crippen LogP contribution in [0.5, 0.6) is 5.75 Å². The molecule has 2 atom stereocenters. The van der Waals surface area contributed by atoms with Gasteiger partial charge in [-0.05, 0) is 102 Å². The molecule has 0 aromatic heterocycles. The number of ether oxygens (including phenoxy) is 2. The third-order valence-corrected chi connectivity index (χ3v) is 9.54. The van der Waals surface area contributed by atoms with Crippen molar-refractivity contribution in [2.75, 3.05) is 0 Å². The summed E-state index contributed by atoms with van der Waals surface area (Å²) in [6.07, 6.45) is 10.5. The van der Waals surface area contributed by atoms with Crippen molar-refractivity contribution in [2.24, 2.45) is 39.9 Å². The zero-order valence-corrected chi connectivity index (χ0v) is 24.3. The second kappa shape index (κ2) is 10.0. The van der Waals surface area contributed by atoms with E-state index in [1.165, 1.54) is 44.1 Å². The SMILES string of the molecule is CCC(C)(C)CC(Oc1ccc(C(CC(C)(C)C)C(C)(C)C)cc1)OC1C2CC3CC(C2)CC1C3. The highest BCUT2D eigenvalue weighted by atomic mass is 16.7. The van der Waals surface area contributed by atoms with E-state index in [2.05, 4.69) is 86.6 Å². The Labute approximate surface area is 216 Å². The Morgan fingerprint density at radius 3 is 1.77 bits per heavy atom. The maximum atomic E-state index is 6.94. The number of rotatable bonds is 9. The fourth-order valence-electron chi connectivity index (χ4n) is 7.45. The van der Waals surface area contributed by atoms with Gasteiger partial charge in [-0.25, -0.2) is 0 Å². The van der Waals surface area contributed by atoms with Crippen molar-refractivity contribution < 1.29 is 9.47 Å². The van der Waals surface area contributed by atoms with Gasteiger partial charge in [0.15, 0.2) is 0 Å². The lowest BCUT2D eigenvalue weighted by atomic mass is 9.55. The minimum atomic E-state index is -0.161. The van der Waals surface area contributed by atoms with Crippen LogP contribution in [0.4, 0.5) is 0 Å². The third-order valence-electron chi connectivity index (χ3n) is 9.54. The predicted molar refractivity (Wildman–Crippen MR) is 148 cm³/mol. The highest BCUT2D eigenvalue weighted by Crippen LogP contribution is 2.55. The van der Waals surface area contributed by atoms with Gasteiger partial charge in [0.05, 0.1) is 6.10 Å². The van der Waals surface area contributed by atoms with E-state index < -0.39 is 0 Å². The van der Waals surface area contributed by atoms with Crippen molar-refractivity contribution in [2.45, 2.75) is 132 Å². The van der Waals surface area contributed by atoms with E-state index in [1.807, 2.05) is 0 Å². The van der Waals surface area contributed by atoms with E-state index in [4.69, 9.17) is 9.47 Å². The molecule has 5 rings (SSSR count). The van der Waals surface area contributed by atoms with Crippen molar-refractivity contribution >= 4 is 0 Å². The van der Waals surface area contributed by atoms with Gasteiger partial charge in [-0.3, -0.25) is 0 Å². The highest BCUT2D eigenvalue weighted by molar-refractivity contribution is 5.30. The first-order valence-electron chi connectivity index (χ1n) is 14.6. The van der Waals surface area contributed by atoms with Gasteiger partial charge in [0.2, 0.25) is 6.29 Å². The summed E-state index contributed by atoms with van der Waals surface area (Å²) in [7, 11) is 0. The Kier molecular flexibility index (Phi) is 7.75. The third kappa shape index (κ3) is 6.85. The summed E-state index contributed by atoms with van der Waals surface area (Å²) in [6, 6.07) is 9.01. The van der Waals surface area contributed by atoms with Crippen LogP contribution in [0.25, 0.3) is 0 Å². The smallest absolute Gasteiger partial charge is 0.200 e. The Balaban J connectivity index is 1.49. The molecule has 0 amide bonds. The Morgan fingerprint density at radius 2 is 1.31 bits per heavy atom. The summed E-state index contributed by atoms with van der Waals surface area (Å²) >= 11 is 0. The van der Waals surface area contributed by atoms with Gasteiger partial charge in [-0.15, -0.1) is 0 Å². The summed E-state index contributed by atoms with van der Waals surface area (Å²) in [5, 5.41) is 0. The molecule has 0 aliphatic heterocycles. The molecule has 4 fully saturated rings. The molecule has 35 heavy (non-hydrogen) atoms. The predicted octanol–water partition coefficient (Wildman–Crippen LogP) is 9.62. The normalized spacial score (nSPS) is 30.4. The summed E-state index contributed by atoms with van der Waals surface area (Å²) in [6.45, 7) is 21.2. The van der Waals surface area contributed by atoms with Gasteiger partial charge in [0, 0.05) is 6.42 Å². The minimum absolute atomic E-state index is 0.161. The molecule has 2 heteroatoms. The van der Waals surface area contributed by atoms with E-state index in [9.17, 15) is 0 Å². The highest BCUT2D eigenvalue weighted by Gasteiger charge is 2.49. The molecule has 1 aromatic rings. The monoisotopic (exact) mass is 482 g/mol. The molecule has 0 saturated heterocycles. The zero-order valence-electron chi connectivity index (χ0n) is 24.3. The molecule has 0 radical (unpaired) electrons. The number of hydrogen-bond donors (Lipinski definition) is 0. The number of benzene rings is 1. The second-order valence-corrected chi connectivity index (χ2v) is 15.6. The first kappa shape index (κ1) is 27.0. The average molecular weight is 483 g/mol. The van der Waals surface area contributed by atoms with E-state index in [-0.39, 0.29) is 17.1 Å². The van der Waals surface area contributed by atoms with Crippen LogP contribution in [0.1, 0.15) is 125 Å². The lowest BCUT2D eigenvalue weighted by molar-refractivity contribution is -0.206. The largest absolute Gasteiger partial charge is 0.465 e. The van der Waals surface area contributed by atoms with E-state index in [1.54, 1.807) is 0 Å². The second-order valence-electron chi connectivity index (χ2n) is 15.6. The zero-order chi connectivity index (χ0) is 25.6. The molecule has 0 spiro atoms. The molecular formula is C33H54O2. The lowest BCUT2D eigenvalue weighted by Gasteiger charge is -2.54. The van der Waals surface area contributed by atoms with Gasteiger partial charge in [-0.1, -0.05) is 80.9 Å². The van der Waals surface area contributed by atoms with Gasteiger partial charge < -0.3 is 9.47 Å². The van der Waals surface area contributed by atoms with E-state index in [0.29, 0.717) is 17.4 Å². The maximum Gasteiger partial charge on any atom is 0.200 e. The van der Waals surface area contributed by atoms with Gasteiger partial charge in [0.25, 0.3) is 0 Å². The fourth-order valence-corrected chi connectivity index (χ4v) is 7.45. The molecular weight excluding hydrogens is 428 g/mol. The van der Waals surface area contributed by atoms with E-state index >= 15 is 0 Å². The molecule has 4 aliphatic carbocycles. The molecule has 198 valence electrons. The van der Waals surface area contributed by atoms with E-state index in [0.717, 1.165) is 42.3 Å². The van der Waals surface area contributed by atoms with Crippen LogP contribution in [0.3, 0.4) is 0 Å². The van der Waals surface area contributed by atoms with Crippen molar-refractivity contribution in [3.63, 3.8) is 0 Å². The quantitative estimate of drug-likeness (QED) is 0.326. The topological polar surface area (TPSA) is 18.5 Å². The first-order chi connectivity index (χ1) is 16.2. The van der Waals surface area contributed by atoms with Crippen molar-refractivity contribution in [3.05, 3.63) is 29.8 Å². The van der Waals surface area contributed by atoms with Gasteiger partial charge in [-0.2, -0.15) is 0 Å². The molecule has 2 nitrogen and oxygen atoms in total.